The summed E-state index contributed by atoms with van der Waals surface area (Å²) in [7, 11) is 0. The predicted octanol–water partition coefficient (Wildman–Crippen LogP) is 3.04. The van der Waals surface area contributed by atoms with Crippen LogP contribution in [0.2, 0.25) is 0 Å². The third-order valence-corrected chi connectivity index (χ3v) is 3.78. The van der Waals surface area contributed by atoms with Gasteiger partial charge in [-0.05, 0) is 36.2 Å². The first-order chi connectivity index (χ1) is 12.5. The van der Waals surface area contributed by atoms with Gasteiger partial charge in [0.2, 0.25) is 6.10 Å². The molecule has 0 spiro atoms. The molecule has 26 heavy (non-hydrogen) atoms. The summed E-state index contributed by atoms with van der Waals surface area (Å²) in [5.41, 5.74) is 0.993. The summed E-state index contributed by atoms with van der Waals surface area (Å²) in [4.78, 5) is 36.3. The molecule has 0 saturated carbocycles. The van der Waals surface area contributed by atoms with Crippen LogP contribution in [0.15, 0.2) is 60.7 Å². The van der Waals surface area contributed by atoms with Crippen LogP contribution in [0.4, 0.5) is 4.79 Å². The number of halogens is 1. The van der Waals surface area contributed by atoms with E-state index >= 15 is 0 Å². The zero-order chi connectivity index (χ0) is 18.9. The Labute approximate surface area is 156 Å². The zero-order valence-electron chi connectivity index (χ0n) is 14.1. The van der Waals surface area contributed by atoms with E-state index in [9.17, 15) is 14.4 Å². The number of amides is 2. The first-order valence-electron chi connectivity index (χ1n) is 8.07. The number of carbonyl (C=O) groups is 3. The van der Waals surface area contributed by atoms with Crippen molar-refractivity contribution in [1.29, 1.82) is 0 Å². The quantitative estimate of drug-likeness (QED) is 0.729. The van der Waals surface area contributed by atoms with Crippen molar-refractivity contribution < 1.29 is 19.1 Å². The monoisotopic (exact) mass is 374 g/mol. The van der Waals surface area contributed by atoms with Gasteiger partial charge in [0.1, 0.15) is 6.04 Å². The molecule has 2 aromatic rings. The maximum atomic E-state index is 12.5. The second-order valence-electron chi connectivity index (χ2n) is 5.39. The molecule has 0 aliphatic carbocycles. The van der Waals surface area contributed by atoms with Gasteiger partial charge in [-0.25, -0.2) is 4.79 Å². The minimum absolute atomic E-state index is 0.328. The lowest BCUT2D eigenvalue weighted by Gasteiger charge is -2.26. The van der Waals surface area contributed by atoms with Gasteiger partial charge in [-0.2, -0.15) is 0 Å². The van der Waals surface area contributed by atoms with Gasteiger partial charge in [0.15, 0.2) is 0 Å². The molecule has 0 aliphatic heterocycles. The molecule has 2 atom stereocenters. The van der Waals surface area contributed by atoms with Gasteiger partial charge in [-0.3, -0.25) is 9.59 Å². The fourth-order valence-corrected chi connectivity index (χ4v) is 2.53. The fourth-order valence-electron chi connectivity index (χ4n) is 2.36. The van der Waals surface area contributed by atoms with Crippen molar-refractivity contribution in [2.75, 3.05) is 6.54 Å². The number of nitrogens with one attached hydrogen (secondary N) is 2. The fraction of sp³-hybridized carbons (Fsp3) is 0.211. The number of alkyl carbamates (subject to hydrolysis) is 1. The van der Waals surface area contributed by atoms with E-state index in [1.54, 1.807) is 67.6 Å². The Balaban J connectivity index is 2.31. The van der Waals surface area contributed by atoms with Gasteiger partial charge in [-0.1, -0.05) is 48.5 Å². The molecule has 2 amide bonds. The van der Waals surface area contributed by atoms with Crippen LogP contribution in [0, 0.1) is 0 Å². The molecule has 0 aromatic heterocycles. The maximum absolute atomic E-state index is 12.5. The Morgan fingerprint density at radius 2 is 1.58 bits per heavy atom. The van der Waals surface area contributed by atoms with Crippen LogP contribution in [0.5, 0.6) is 0 Å². The number of hydrogen-bond acceptors (Lipinski definition) is 4. The SMILES string of the molecule is CCNC(=O)O[C@@H](C(=O)Cl)[C@@H](NC(=O)c1ccccc1)c1ccccc1. The molecule has 7 heteroatoms. The summed E-state index contributed by atoms with van der Waals surface area (Å²) in [6, 6.07) is 16.3. The molecule has 2 aromatic carbocycles. The highest BCUT2D eigenvalue weighted by Gasteiger charge is 2.33. The smallest absolute Gasteiger partial charge is 0.407 e. The molecule has 0 saturated heterocycles. The number of benzene rings is 2. The zero-order valence-corrected chi connectivity index (χ0v) is 14.9. The maximum Gasteiger partial charge on any atom is 0.407 e. The van der Waals surface area contributed by atoms with Crippen LogP contribution in [0.25, 0.3) is 0 Å². The molecule has 2 N–H and O–H groups in total. The number of ether oxygens (including phenoxy) is 1. The molecular formula is C19H19ClN2O4. The van der Waals surface area contributed by atoms with E-state index in [0.29, 0.717) is 17.7 Å². The van der Waals surface area contributed by atoms with E-state index in [1.807, 2.05) is 0 Å². The molecule has 0 aliphatic rings. The van der Waals surface area contributed by atoms with Crippen LogP contribution >= 0.6 is 11.6 Å². The largest absolute Gasteiger partial charge is 0.434 e. The number of rotatable bonds is 7. The predicted molar refractivity (Wildman–Crippen MR) is 97.9 cm³/mol. The van der Waals surface area contributed by atoms with Crippen molar-refractivity contribution >= 4 is 28.8 Å². The summed E-state index contributed by atoms with van der Waals surface area (Å²) in [6.45, 7) is 2.04. The molecular weight excluding hydrogens is 356 g/mol. The van der Waals surface area contributed by atoms with E-state index in [4.69, 9.17) is 16.3 Å². The molecule has 0 radical (unpaired) electrons. The Hall–Kier alpha value is -2.86. The van der Waals surface area contributed by atoms with E-state index in [1.165, 1.54) is 0 Å². The van der Waals surface area contributed by atoms with E-state index in [0.717, 1.165) is 0 Å². The Morgan fingerprint density at radius 1 is 1.00 bits per heavy atom. The molecule has 6 nitrogen and oxygen atoms in total. The lowest BCUT2D eigenvalue weighted by atomic mass is 10.0. The first-order valence-corrected chi connectivity index (χ1v) is 8.45. The van der Waals surface area contributed by atoms with Crippen molar-refractivity contribution in [3.63, 3.8) is 0 Å². The Bertz CT molecular complexity index is 753. The van der Waals surface area contributed by atoms with E-state index in [-0.39, 0.29) is 0 Å². The van der Waals surface area contributed by atoms with Crippen molar-refractivity contribution in [1.82, 2.24) is 10.6 Å². The van der Waals surface area contributed by atoms with E-state index < -0.39 is 29.4 Å². The minimum Gasteiger partial charge on any atom is -0.434 e. The van der Waals surface area contributed by atoms with Crippen LogP contribution in [-0.2, 0) is 9.53 Å². The van der Waals surface area contributed by atoms with E-state index in [2.05, 4.69) is 10.6 Å². The summed E-state index contributed by atoms with van der Waals surface area (Å²) in [5, 5.41) is 4.28. The average molecular weight is 375 g/mol. The molecule has 0 bridgehead atoms. The van der Waals surface area contributed by atoms with Crippen LogP contribution in [0.1, 0.15) is 28.9 Å². The summed E-state index contributed by atoms with van der Waals surface area (Å²) in [6.07, 6.45) is -2.17. The summed E-state index contributed by atoms with van der Waals surface area (Å²) >= 11 is 5.67. The van der Waals surface area contributed by atoms with Gasteiger partial charge in [0, 0.05) is 12.1 Å². The summed E-state index contributed by atoms with van der Waals surface area (Å²) < 4.78 is 5.16. The first kappa shape index (κ1) is 19.5. The number of carbonyl (C=O) groups excluding carboxylic acids is 3. The number of hydrogen-bond donors (Lipinski definition) is 2. The molecule has 136 valence electrons. The second kappa shape index (κ2) is 9.58. The molecule has 0 heterocycles. The lowest BCUT2D eigenvalue weighted by molar-refractivity contribution is -0.120. The highest BCUT2D eigenvalue weighted by atomic mass is 35.5. The molecule has 0 fully saturated rings. The van der Waals surface area contributed by atoms with Gasteiger partial charge in [-0.15, -0.1) is 0 Å². The normalized spacial score (nSPS) is 12.5. The lowest BCUT2D eigenvalue weighted by Crippen LogP contribution is -2.43. The van der Waals surface area contributed by atoms with Gasteiger partial charge in [0.25, 0.3) is 11.1 Å². The minimum atomic E-state index is -1.38. The standard InChI is InChI=1S/C19H19ClN2O4/c1-2-21-19(25)26-16(17(20)23)15(13-9-5-3-6-10-13)22-18(24)14-11-7-4-8-12-14/h3-12,15-16H,2H2,1H3,(H,21,25)(H,22,24)/t15-,16+/m0/s1. The van der Waals surface area contributed by atoms with Gasteiger partial charge >= 0.3 is 6.09 Å². The Kier molecular flexibility index (Phi) is 7.17. The third kappa shape index (κ3) is 5.32. The van der Waals surface area contributed by atoms with Crippen LogP contribution in [0.3, 0.4) is 0 Å². The summed E-state index contributed by atoms with van der Waals surface area (Å²) in [5.74, 6) is -0.415. The van der Waals surface area contributed by atoms with Crippen molar-refractivity contribution in [3.8, 4) is 0 Å². The molecule has 0 unspecified atom stereocenters. The van der Waals surface area contributed by atoms with Gasteiger partial charge < -0.3 is 15.4 Å². The van der Waals surface area contributed by atoms with Crippen molar-refractivity contribution in [2.45, 2.75) is 19.1 Å². The Morgan fingerprint density at radius 3 is 2.12 bits per heavy atom. The highest BCUT2D eigenvalue weighted by Crippen LogP contribution is 2.22. The highest BCUT2D eigenvalue weighted by molar-refractivity contribution is 6.64. The van der Waals surface area contributed by atoms with Crippen LogP contribution < -0.4 is 10.6 Å². The van der Waals surface area contributed by atoms with Crippen molar-refractivity contribution in [3.05, 3.63) is 71.8 Å². The average Bonchev–Trinajstić information content (AvgIpc) is 2.66. The third-order valence-electron chi connectivity index (χ3n) is 3.56. The topological polar surface area (TPSA) is 84.5 Å². The second-order valence-corrected chi connectivity index (χ2v) is 5.76. The van der Waals surface area contributed by atoms with Gasteiger partial charge in [0.05, 0.1) is 0 Å². The van der Waals surface area contributed by atoms with Crippen molar-refractivity contribution in [2.24, 2.45) is 0 Å². The van der Waals surface area contributed by atoms with Crippen LogP contribution in [-0.4, -0.2) is 29.9 Å². The molecule has 2 rings (SSSR count).